The van der Waals surface area contributed by atoms with E-state index in [1.165, 1.54) is 19.1 Å². The summed E-state index contributed by atoms with van der Waals surface area (Å²) in [6.07, 6.45) is 7.42. The molecule has 0 amide bonds. The summed E-state index contributed by atoms with van der Waals surface area (Å²) in [6, 6.07) is 7.58. The van der Waals surface area contributed by atoms with E-state index in [1.54, 1.807) is 0 Å². The van der Waals surface area contributed by atoms with E-state index in [9.17, 15) is 13.2 Å². The van der Waals surface area contributed by atoms with Crippen LogP contribution in [0.15, 0.2) is 28.8 Å². The van der Waals surface area contributed by atoms with Crippen LogP contribution in [-0.4, -0.2) is 38.0 Å². The van der Waals surface area contributed by atoms with Gasteiger partial charge in [0.1, 0.15) is 15.6 Å². The molecule has 156 valence electrons. The number of hydrogen-bond acceptors (Lipinski definition) is 6. The minimum Gasteiger partial charge on any atom is -0.494 e. The summed E-state index contributed by atoms with van der Waals surface area (Å²) in [5.41, 5.74) is 2.53. The first kappa shape index (κ1) is 20.1. The zero-order valence-electron chi connectivity index (χ0n) is 16.7. The highest BCUT2D eigenvalue weighted by Crippen LogP contribution is 2.40. The third kappa shape index (κ3) is 5.47. The molecule has 1 atom stereocenters. The Bertz CT molecular complexity index is 973. The Labute approximate surface area is 171 Å². The van der Waals surface area contributed by atoms with Crippen molar-refractivity contribution in [3.8, 4) is 5.75 Å². The molecule has 1 heterocycles. The molecule has 1 aromatic carbocycles. The van der Waals surface area contributed by atoms with Crippen LogP contribution in [0.1, 0.15) is 59.5 Å². The van der Waals surface area contributed by atoms with Crippen LogP contribution in [0.25, 0.3) is 0 Å². The van der Waals surface area contributed by atoms with Gasteiger partial charge in [-0.3, -0.25) is 4.79 Å². The number of carbonyl (C=O) groups excluding carboxylic acids is 1. The molecule has 4 rings (SSSR count). The van der Waals surface area contributed by atoms with Crippen molar-refractivity contribution in [3.63, 3.8) is 0 Å². The number of ether oxygens (including phenoxy) is 1. The van der Waals surface area contributed by atoms with Crippen molar-refractivity contribution in [1.82, 2.24) is 5.16 Å². The molecule has 0 aliphatic heterocycles. The molecule has 0 spiro atoms. The Morgan fingerprint density at radius 2 is 1.90 bits per heavy atom. The summed E-state index contributed by atoms with van der Waals surface area (Å²) in [5, 5.41) is 4.20. The number of rotatable bonds is 9. The summed E-state index contributed by atoms with van der Waals surface area (Å²) in [5.74, 6) is 2.86. The van der Waals surface area contributed by atoms with Crippen LogP contribution in [0.3, 0.4) is 0 Å². The van der Waals surface area contributed by atoms with Crippen molar-refractivity contribution in [2.45, 2.75) is 44.9 Å². The van der Waals surface area contributed by atoms with E-state index in [4.69, 9.17) is 9.26 Å². The van der Waals surface area contributed by atoms with E-state index in [0.29, 0.717) is 48.9 Å². The molecule has 1 fully saturated rings. The maximum absolute atomic E-state index is 12.7. The number of fused-ring (bicyclic) bond motifs is 1. The van der Waals surface area contributed by atoms with Gasteiger partial charge in [0.05, 0.1) is 23.6 Å². The lowest BCUT2D eigenvalue weighted by molar-refractivity contribution is 0.0943. The molecule has 0 bridgehead atoms. The van der Waals surface area contributed by atoms with E-state index < -0.39 is 9.84 Å². The summed E-state index contributed by atoms with van der Waals surface area (Å²) in [7, 11) is -2.96. The number of hydrogen-bond donors (Lipinski definition) is 0. The molecule has 1 aromatic heterocycles. The molecule has 0 N–H and O–H groups in total. The largest absolute Gasteiger partial charge is 0.494 e. The second-order valence-electron chi connectivity index (χ2n) is 8.46. The average molecular weight is 418 g/mol. The Morgan fingerprint density at radius 3 is 2.59 bits per heavy atom. The zero-order chi connectivity index (χ0) is 20.4. The number of benzene rings is 1. The smallest absolute Gasteiger partial charge is 0.168 e. The van der Waals surface area contributed by atoms with Crippen LogP contribution in [0.4, 0.5) is 0 Å². The number of carbonyl (C=O) groups is 1. The Hall–Kier alpha value is -2.15. The normalized spacial score (nSPS) is 19.2. The summed E-state index contributed by atoms with van der Waals surface area (Å²) in [4.78, 5) is 12.7. The molecular weight excluding hydrogens is 390 g/mol. The van der Waals surface area contributed by atoms with Crippen LogP contribution in [0.5, 0.6) is 5.75 Å². The standard InChI is InChI=1S/C22H27NO5S/c1-29(25,26)10-2-9-27-18-7-5-16(6-8-18)14-21-22-19(23-28-21)12-17(13-20(22)24)11-15-3-4-15/h5-8,15,17H,2-4,9-14H2,1H3. The quantitative estimate of drug-likeness (QED) is 0.579. The topological polar surface area (TPSA) is 86.5 Å². The molecule has 0 radical (unpaired) electrons. The average Bonchev–Trinajstić information content (AvgIpc) is 3.38. The predicted molar refractivity (Wildman–Crippen MR) is 109 cm³/mol. The van der Waals surface area contributed by atoms with Crippen molar-refractivity contribution < 1.29 is 22.5 Å². The minimum atomic E-state index is -2.96. The van der Waals surface area contributed by atoms with Crippen LogP contribution in [0, 0.1) is 11.8 Å². The fraction of sp³-hybridized carbons (Fsp3) is 0.545. The Balaban J connectivity index is 1.34. The summed E-state index contributed by atoms with van der Waals surface area (Å²) >= 11 is 0. The monoisotopic (exact) mass is 417 g/mol. The summed E-state index contributed by atoms with van der Waals surface area (Å²) < 4.78 is 33.4. The molecule has 2 aromatic rings. The first-order chi connectivity index (χ1) is 13.9. The van der Waals surface area contributed by atoms with Gasteiger partial charge in [0.2, 0.25) is 0 Å². The lowest BCUT2D eigenvalue weighted by Gasteiger charge is -2.19. The molecule has 29 heavy (non-hydrogen) atoms. The zero-order valence-corrected chi connectivity index (χ0v) is 17.5. The van der Waals surface area contributed by atoms with Crippen molar-refractivity contribution in [2.24, 2.45) is 11.8 Å². The number of ketones is 1. The van der Waals surface area contributed by atoms with Crippen molar-refractivity contribution in [1.29, 1.82) is 0 Å². The molecule has 7 heteroatoms. The van der Waals surface area contributed by atoms with Gasteiger partial charge in [-0.1, -0.05) is 30.1 Å². The molecule has 2 aliphatic carbocycles. The molecule has 1 saturated carbocycles. The Kier molecular flexibility index (Phi) is 5.76. The SMILES string of the molecule is CS(=O)(=O)CCCOc1ccc(Cc2onc3c2C(=O)CC(CC2CC2)C3)cc1. The molecule has 6 nitrogen and oxygen atoms in total. The first-order valence-corrected chi connectivity index (χ1v) is 12.3. The lowest BCUT2D eigenvalue weighted by Crippen LogP contribution is -2.21. The minimum absolute atomic E-state index is 0.122. The summed E-state index contributed by atoms with van der Waals surface area (Å²) in [6.45, 7) is 0.360. The molecule has 0 saturated heterocycles. The van der Waals surface area contributed by atoms with E-state index in [0.717, 1.165) is 30.0 Å². The van der Waals surface area contributed by atoms with Crippen LogP contribution in [-0.2, 0) is 22.7 Å². The predicted octanol–water partition coefficient (Wildman–Crippen LogP) is 3.62. The highest BCUT2D eigenvalue weighted by molar-refractivity contribution is 7.90. The van der Waals surface area contributed by atoms with E-state index >= 15 is 0 Å². The maximum atomic E-state index is 12.7. The van der Waals surface area contributed by atoms with Gasteiger partial charge in [-0.2, -0.15) is 0 Å². The molecular formula is C22H27NO5S. The third-order valence-corrected chi connectivity index (χ3v) is 6.68. The highest BCUT2D eigenvalue weighted by Gasteiger charge is 2.34. The van der Waals surface area contributed by atoms with Gasteiger partial charge < -0.3 is 9.26 Å². The second kappa shape index (κ2) is 8.30. The number of sulfone groups is 1. The van der Waals surface area contributed by atoms with Gasteiger partial charge in [-0.25, -0.2) is 8.42 Å². The van der Waals surface area contributed by atoms with Crippen molar-refractivity contribution >= 4 is 15.6 Å². The molecule has 1 unspecified atom stereocenters. The van der Waals surface area contributed by atoms with Crippen LogP contribution < -0.4 is 4.74 Å². The van der Waals surface area contributed by atoms with E-state index in [2.05, 4.69) is 5.16 Å². The fourth-order valence-corrected chi connectivity index (χ4v) is 4.68. The fourth-order valence-electron chi connectivity index (χ4n) is 4.04. The van der Waals surface area contributed by atoms with Gasteiger partial charge in [-0.15, -0.1) is 0 Å². The maximum Gasteiger partial charge on any atom is 0.168 e. The van der Waals surface area contributed by atoms with Gasteiger partial charge in [0.25, 0.3) is 0 Å². The lowest BCUT2D eigenvalue weighted by atomic mass is 9.82. The number of Topliss-reactive ketones (excluding diaryl/α,β-unsaturated/α-hetero) is 1. The van der Waals surface area contributed by atoms with Crippen LogP contribution in [0.2, 0.25) is 0 Å². The van der Waals surface area contributed by atoms with Crippen LogP contribution >= 0.6 is 0 Å². The van der Waals surface area contributed by atoms with E-state index in [-0.39, 0.29) is 11.5 Å². The van der Waals surface area contributed by atoms with E-state index in [1.807, 2.05) is 24.3 Å². The third-order valence-electron chi connectivity index (χ3n) is 5.65. The molecule has 2 aliphatic rings. The Morgan fingerprint density at radius 1 is 1.14 bits per heavy atom. The first-order valence-electron chi connectivity index (χ1n) is 10.3. The number of aromatic nitrogens is 1. The van der Waals surface area contributed by atoms with Gasteiger partial charge >= 0.3 is 0 Å². The van der Waals surface area contributed by atoms with Gasteiger partial charge in [0.15, 0.2) is 11.5 Å². The second-order valence-corrected chi connectivity index (χ2v) is 10.7. The van der Waals surface area contributed by atoms with Gasteiger partial charge in [0, 0.05) is 19.1 Å². The number of nitrogens with zero attached hydrogens (tertiary/aromatic N) is 1. The highest BCUT2D eigenvalue weighted by atomic mass is 32.2. The van der Waals surface area contributed by atoms with Crippen molar-refractivity contribution in [2.75, 3.05) is 18.6 Å². The van der Waals surface area contributed by atoms with Crippen molar-refractivity contribution in [3.05, 3.63) is 46.8 Å². The van der Waals surface area contributed by atoms with Gasteiger partial charge in [-0.05, 0) is 48.8 Å².